The second kappa shape index (κ2) is 8.00. The average molecular weight is 475 g/mol. The Kier molecular flexibility index (Phi) is 5.37. The molecule has 1 aromatic rings. The maximum atomic E-state index is 13.0. The van der Waals surface area contributed by atoms with E-state index in [-0.39, 0.29) is 46.9 Å². The standard InChI is InChI=1S/C22H26N4O6S/c27-18-4-3-16(19(28)25-18)26-20(29)14-2-1-13(9-15(14)21(26)30)10-24-17-11-23-12-22(17)5-7-33(31,32)8-6-22/h1-2,9,16-17,23-24H,3-8,10-12H2,(H,25,27,28). The van der Waals surface area contributed by atoms with Crippen molar-refractivity contribution in [3.05, 3.63) is 34.9 Å². The number of hydrogen-bond donors (Lipinski definition) is 3. The number of hydrogen-bond acceptors (Lipinski definition) is 8. The molecule has 0 aromatic heterocycles. The topological polar surface area (TPSA) is 142 Å². The second-order valence-electron chi connectivity index (χ2n) is 9.41. The van der Waals surface area contributed by atoms with Crippen molar-refractivity contribution in [3.63, 3.8) is 0 Å². The van der Waals surface area contributed by atoms with Crippen LogP contribution in [0.4, 0.5) is 0 Å². The lowest BCUT2D eigenvalue weighted by molar-refractivity contribution is -0.136. The number of fused-ring (bicyclic) bond motifs is 1. The van der Waals surface area contributed by atoms with Gasteiger partial charge in [0.15, 0.2) is 0 Å². The van der Waals surface area contributed by atoms with Gasteiger partial charge in [-0.2, -0.15) is 0 Å². The molecule has 2 atom stereocenters. The number of nitrogens with one attached hydrogen (secondary N) is 3. The van der Waals surface area contributed by atoms with Crippen LogP contribution in [0.15, 0.2) is 18.2 Å². The molecule has 1 aromatic carbocycles. The molecule has 0 radical (unpaired) electrons. The van der Waals surface area contributed by atoms with E-state index in [1.807, 2.05) is 0 Å². The summed E-state index contributed by atoms with van der Waals surface area (Å²) in [5.74, 6) is -1.67. The maximum absolute atomic E-state index is 13.0. The molecule has 11 heteroatoms. The minimum atomic E-state index is -2.95. The van der Waals surface area contributed by atoms with E-state index in [1.54, 1.807) is 18.2 Å². The molecule has 2 unspecified atom stereocenters. The van der Waals surface area contributed by atoms with E-state index >= 15 is 0 Å². The molecule has 0 aliphatic carbocycles. The van der Waals surface area contributed by atoms with Gasteiger partial charge in [-0.1, -0.05) is 6.07 Å². The Balaban J connectivity index is 1.29. The van der Waals surface area contributed by atoms with Gasteiger partial charge < -0.3 is 10.6 Å². The molecule has 10 nitrogen and oxygen atoms in total. The molecule has 0 saturated carbocycles. The van der Waals surface area contributed by atoms with Crippen molar-refractivity contribution in [3.8, 4) is 0 Å². The normalized spacial score (nSPS) is 28.3. The van der Waals surface area contributed by atoms with Crippen LogP contribution < -0.4 is 16.0 Å². The highest BCUT2D eigenvalue weighted by Crippen LogP contribution is 2.38. The lowest BCUT2D eigenvalue weighted by Gasteiger charge is -2.38. The molecular formula is C22H26N4O6S. The summed E-state index contributed by atoms with van der Waals surface area (Å²) >= 11 is 0. The summed E-state index contributed by atoms with van der Waals surface area (Å²) in [4.78, 5) is 50.4. The molecule has 3 fully saturated rings. The highest BCUT2D eigenvalue weighted by atomic mass is 32.2. The molecule has 4 heterocycles. The third kappa shape index (κ3) is 3.87. The molecule has 33 heavy (non-hydrogen) atoms. The first kappa shape index (κ1) is 22.2. The van der Waals surface area contributed by atoms with Gasteiger partial charge >= 0.3 is 0 Å². The van der Waals surface area contributed by atoms with Gasteiger partial charge in [-0.25, -0.2) is 8.42 Å². The van der Waals surface area contributed by atoms with Crippen LogP contribution in [-0.2, 0) is 26.0 Å². The highest BCUT2D eigenvalue weighted by molar-refractivity contribution is 7.91. The molecular weight excluding hydrogens is 448 g/mol. The van der Waals surface area contributed by atoms with Crippen LogP contribution in [0.25, 0.3) is 0 Å². The van der Waals surface area contributed by atoms with Gasteiger partial charge in [-0.05, 0) is 37.0 Å². The van der Waals surface area contributed by atoms with E-state index in [1.165, 1.54) is 0 Å². The molecule has 4 aliphatic rings. The highest BCUT2D eigenvalue weighted by Gasteiger charge is 2.47. The Morgan fingerprint density at radius 3 is 2.52 bits per heavy atom. The molecule has 176 valence electrons. The SMILES string of the molecule is O=C1CCC(N2C(=O)c3ccc(CNC4CNCC45CCS(=O)(=O)CC5)cc3C2=O)C(=O)N1. The maximum Gasteiger partial charge on any atom is 0.262 e. The van der Waals surface area contributed by atoms with E-state index in [4.69, 9.17) is 0 Å². The fraction of sp³-hybridized carbons (Fsp3) is 0.545. The molecule has 4 aliphatic heterocycles. The Bertz CT molecular complexity index is 1150. The first-order chi connectivity index (χ1) is 15.7. The van der Waals surface area contributed by atoms with Crippen LogP contribution >= 0.6 is 0 Å². The Hall–Kier alpha value is -2.63. The summed E-state index contributed by atoms with van der Waals surface area (Å²) in [5.41, 5.74) is 1.23. The Morgan fingerprint density at radius 1 is 1.06 bits per heavy atom. The van der Waals surface area contributed by atoms with E-state index in [0.29, 0.717) is 19.4 Å². The van der Waals surface area contributed by atoms with Crippen LogP contribution in [0, 0.1) is 5.41 Å². The number of carbonyl (C=O) groups excluding carboxylic acids is 4. The van der Waals surface area contributed by atoms with E-state index in [2.05, 4.69) is 16.0 Å². The van der Waals surface area contributed by atoms with Crippen LogP contribution in [0.5, 0.6) is 0 Å². The number of carbonyl (C=O) groups is 4. The zero-order valence-corrected chi connectivity index (χ0v) is 18.9. The zero-order chi connectivity index (χ0) is 23.4. The minimum Gasteiger partial charge on any atom is -0.315 e. The minimum absolute atomic E-state index is 0.0808. The number of rotatable bonds is 4. The van der Waals surface area contributed by atoms with Crippen molar-refractivity contribution >= 4 is 33.5 Å². The van der Waals surface area contributed by atoms with Gasteiger partial charge in [0.05, 0.1) is 22.6 Å². The summed E-state index contributed by atoms with van der Waals surface area (Å²) in [6.45, 7) is 1.98. The predicted molar refractivity (Wildman–Crippen MR) is 117 cm³/mol. The molecule has 3 saturated heterocycles. The van der Waals surface area contributed by atoms with Crippen molar-refractivity contribution in [2.75, 3.05) is 24.6 Å². The smallest absolute Gasteiger partial charge is 0.262 e. The number of sulfone groups is 1. The van der Waals surface area contributed by atoms with E-state index < -0.39 is 39.5 Å². The average Bonchev–Trinajstić information content (AvgIpc) is 3.28. The summed E-state index contributed by atoms with van der Waals surface area (Å²) in [5, 5.41) is 9.09. The van der Waals surface area contributed by atoms with Crippen LogP contribution in [0.3, 0.4) is 0 Å². The Labute approximate surface area is 191 Å². The zero-order valence-electron chi connectivity index (χ0n) is 18.1. The molecule has 0 bridgehead atoms. The van der Waals surface area contributed by atoms with Crippen molar-refractivity contribution in [2.24, 2.45) is 5.41 Å². The fourth-order valence-electron chi connectivity index (χ4n) is 5.43. The van der Waals surface area contributed by atoms with Crippen molar-refractivity contribution in [1.82, 2.24) is 20.9 Å². The lowest BCUT2D eigenvalue weighted by Crippen LogP contribution is -2.54. The van der Waals surface area contributed by atoms with Crippen molar-refractivity contribution in [1.29, 1.82) is 0 Å². The molecule has 1 spiro atoms. The van der Waals surface area contributed by atoms with E-state index in [0.717, 1.165) is 23.6 Å². The summed E-state index contributed by atoms with van der Waals surface area (Å²) < 4.78 is 23.7. The number of imide groups is 2. The van der Waals surface area contributed by atoms with Crippen LogP contribution in [0.1, 0.15) is 52.0 Å². The van der Waals surface area contributed by atoms with Gasteiger partial charge in [0.25, 0.3) is 11.8 Å². The third-order valence-electron chi connectivity index (χ3n) is 7.44. The number of nitrogens with zero attached hydrogens (tertiary/aromatic N) is 1. The third-order valence-corrected chi connectivity index (χ3v) is 9.10. The largest absolute Gasteiger partial charge is 0.315 e. The quantitative estimate of drug-likeness (QED) is 0.489. The first-order valence-electron chi connectivity index (χ1n) is 11.2. The summed E-state index contributed by atoms with van der Waals surface area (Å²) in [7, 11) is -2.95. The summed E-state index contributed by atoms with van der Waals surface area (Å²) in [6, 6.07) is 4.19. The molecule has 4 amide bonds. The van der Waals surface area contributed by atoms with Crippen molar-refractivity contribution < 1.29 is 27.6 Å². The first-order valence-corrected chi connectivity index (χ1v) is 13.0. The van der Waals surface area contributed by atoms with E-state index in [9.17, 15) is 27.6 Å². The van der Waals surface area contributed by atoms with Gasteiger partial charge in [-0.3, -0.25) is 29.4 Å². The lowest BCUT2D eigenvalue weighted by atomic mass is 9.77. The number of piperidine rings is 1. The predicted octanol–water partition coefficient (Wildman–Crippen LogP) is -0.656. The summed E-state index contributed by atoms with van der Waals surface area (Å²) in [6.07, 6.45) is 1.45. The number of benzene rings is 1. The van der Waals surface area contributed by atoms with Gasteiger partial charge in [0, 0.05) is 37.5 Å². The molecule has 5 rings (SSSR count). The fourth-order valence-corrected chi connectivity index (χ4v) is 7.07. The second-order valence-corrected chi connectivity index (χ2v) is 11.7. The van der Waals surface area contributed by atoms with Gasteiger partial charge in [-0.15, -0.1) is 0 Å². The van der Waals surface area contributed by atoms with Crippen LogP contribution in [-0.4, -0.2) is 73.6 Å². The van der Waals surface area contributed by atoms with Gasteiger partial charge in [0.1, 0.15) is 15.9 Å². The van der Waals surface area contributed by atoms with Crippen LogP contribution in [0.2, 0.25) is 0 Å². The molecule has 3 N–H and O–H groups in total. The van der Waals surface area contributed by atoms with Crippen molar-refractivity contribution in [2.45, 2.75) is 44.3 Å². The number of amides is 4. The van der Waals surface area contributed by atoms with Gasteiger partial charge in [0.2, 0.25) is 11.8 Å². The monoisotopic (exact) mass is 474 g/mol. The Morgan fingerprint density at radius 2 is 1.79 bits per heavy atom.